The molecular formula is C23H28IN3O6. The minimum Gasteiger partial charge on any atom is -0.496 e. The molecule has 0 aliphatic carbocycles. The second kappa shape index (κ2) is 11.8. The van der Waals surface area contributed by atoms with E-state index < -0.39 is 35.8 Å². The number of hydrogen-bond donors (Lipinski definition) is 3. The Morgan fingerprint density at radius 1 is 1.06 bits per heavy atom. The van der Waals surface area contributed by atoms with Crippen LogP contribution in [0.15, 0.2) is 48.5 Å². The molecule has 0 saturated heterocycles. The number of rotatable bonds is 8. The molecule has 0 aromatic heterocycles. The third-order valence-corrected chi connectivity index (χ3v) is 5.05. The van der Waals surface area contributed by atoms with Gasteiger partial charge in [-0.3, -0.25) is 4.79 Å². The number of esters is 1. The van der Waals surface area contributed by atoms with Crippen LogP contribution in [0.1, 0.15) is 37.9 Å². The summed E-state index contributed by atoms with van der Waals surface area (Å²) in [5.41, 5.74) is 6.30. The summed E-state index contributed by atoms with van der Waals surface area (Å²) in [5.74, 6) is -0.907. The number of methoxy groups -OCH3 is 1. The predicted molar refractivity (Wildman–Crippen MR) is 130 cm³/mol. The van der Waals surface area contributed by atoms with Gasteiger partial charge in [-0.1, -0.05) is 36.4 Å². The maximum atomic E-state index is 13.0. The number of nitrogens with two attached hydrogens (primary N) is 1. The zero-order chi connectivity index (χ0) is 24.6. The number of ether oxygens (including phenoxy) is 3. The van der Waals surface area contributed by atoms with E-state index in [1.165, 1.54) is 7.11 Å². The lowest BCUT2D eigenvalue weighted by Crippen LogP contribution is -2.52. The van der Waals surface area contributed by atoms with Crippen LogP contribution in [0.4, 0.5) is 4.79 Å². The molecule has 0 heterocycles. The first-order valence-corrected chi connectivity index (χ1v) is 11.2. The quantitative estimate of drug-likeness (QED) is 0.253. The Morgan fingerprint density at radius 2 is 1.73 bits per heavy atom. The predicted octanol–water partition coefficient (Wildman–Crippen LogP) is 3.01. The molecule has 2 rings (SSSR count). The number of nitrogens with one attached hydrogen (secondary N) is 2. The van der Waals surface area contributed by atoms with Crippen LogP contribution in [0.5, 0.6) is 5.75 Å². The number of benzene rings is 2. The molecule has 2 aromatic carbocycles. The Morgan fingerprint density at radius 3 is 2.30 bits per heavy atom. The molecule has 0 aliphatic heterocycles. The lowest BCUT2D eigenvalue weighted by atomic mass is 10.1. The summed E-state index contributed by atoms with van der Waals surface area (Å²) in [5, 5.41) is 4.92. The zero-order valence-electron chi connectivity index (χ0n) is 18.9. The van der Waals surface area contributed by atoms with Crippen LogP contribution in [0.3, 0.4) is 0 Å². The summed E-state index contributed by atoms with van der Waals surface area (Å²) >= 11 is 2.05. The second-order valence-corrected chi connectivity index (χ2v) is 9.21. The molecule has 9 nitrogen and oxygen atoms in total. The summed E-state index contributed by atoms with van der Waals surface area (Å²) < 4.78 is 16.4. The van der Waals surface area contributed by atoms with Crippen molar-refractivity contribution < 1.29 is 28.6 Å². The zero-order valence-corrected chi connectivity index (χ0v) is 21.0. The highest BCUT2D eigenvalue weighted by molar-refractivity contribution is 14.1. The molecule has 0 radical (unpaired) electrons. The van der Waals surface area contributed by atoms with Gasteiger partial charge >= 0.3 is 12.1 Å². The number of hydrogen-bond acceptors (Lipinski definition) is 7. The van der Waals surface area contributed by atoms with Crippen molar-refractivity contribution in [2.24, 2.45) is 5.73 Å². The molecule has 0 spiro atoms. The van der Waals surface area contributed by atoms with Gasteiger partial charge in [-0.15, -0.1) is 0 Å². The van der Waals surface area contributed by atoms with Gasteiger partial charge in [0.1, 0.15) is 24.0 Å². The fourth-order valence-corrected chi connectivity index (χ4v) is 3.46. The molecule has 2 atom stereocenters. The van der Waals surface area contributed by atoms with Crippen molar-refractivity contribution in [3.63, 3.8) is 0 Å². The normalized spacial score (nSPS) is 12.8. The molecule has 0 aliphatic rings. The van der Waals surface area contributed by atoms with E-state index in [2.05, 4.69) is 33.2 Å². The second-order valence-electron chi connectivity index (χ2n) is 8.05. The number of halogens is 1. The van der Waals surface area contributed by atoms with E-state index in [0.717, 1.165) is 9.13 Å². The topological polar surface area (TPSA) is 129 Å². The van der Waals surface area contributed by atoms with Gasteiger partial charge < -0.3 is 30.6 Å². The lowest BCUT2D eigenvalue weighted by molar-refractivity contribution is -0.149. The van der Waals surface area contributed by atoms with Crippen LogP contribution in [0.2, 0.25) is 0 Å². The van der Waals surface area contributed by atoms with Gasteiger partial charge in [0.05, 0.1) is 10.7 Å². The van der Waals surface area contributed by atoms with Crippen LogP contribution in [0, 0.1) is 3.57 Å². The molecular weight excluding hydrogens is 541 g/mol. The highest BCUT2D eigenvalue weighted by Gasteiger charge is 2.29. The number of amides is 2. The first-order valence-electron chi connectivity index (χ1n) is 10.1. The van der Waals surface area contributed by atoms with Crippen LogP contribution < -0.4 is 21.1 Å². The Balaban J connectivity index is 2.13. The average molecular weight is 569 g/mol. The highest BCUT2D eigenvalue weighted by atomic mass is 127. The van der Waals surface area contributed by atoms with Crippen LogP contribution in [-0.4, -0.2) is 36.8 Å². The van der Waals surface area contributed by atoms with Crippen molar-refractivity contribution in [1.82, 2.24) is 10.6 Å². The first kappa shape index (κ1) is 26.4. The van der Waals surface area contributed by atoms with Crippen LogP contribution in [0.25, 0.3) is 0 Å². The summed E-state index contributed by atoms with van der Waals surface area (Å²) in [7, 11) is 1.53. The maximum Gasteiger partial charge on any atom is 0.408 e. The third kappa shape index (κ3) is 8.54. The van der Waals surface area contributed by atoms with Crippen molar-refractivity contribution in [2.45, 2.75) is 45.2 Å². The van der Waals surface area contributed by atoms with Crippen LogP contribution >= 0.6 is 22.6 Å². The molecule has 0 bridgehead atoms. The smallest absolute Gasteiger partial charge is 0.408 e. The average Bonchev–Trinajstić information content (AvgIpc) is 2.75. The SMILES string of the molecule is COc1ccc(C(NC(=O)OC(C)(C)C)C(=O)N[C@@H](N)C(=O)OCc2ccccc2)cc1I. The fourth-order valence-electron chi connectivity index (χ4n) is 2.70. The van der Waals surface area contributed by atoms with Gasteiger partial charge in [0, 0.05) is 0 Å². The van der Waals surface area contributed by atoms with Gasteiger partial charge in [0.2, 0.25) is 5.91 Å². The van der Waals surface area contributed by atoms with E-state index in [0.29, 0.717) is 11.3 Å². The molecule has 0 fully saturated rings. The van der Waals surface area contributed by atoms with E-state index in [4.69, 9.17) is 19.9 Å². The van der Waals surface area contributed by atoms with E-state index in [1.54, 1.807) is 51.1 Å². The Labute approximate surface area is 206 Å². The van der Waals surface area contributed by atoms with Gasteiger partial charge in [-0.25, -0.2) is 9.59 Å². The molecule has 2 aromatic rings. The minimum atomic E-state index is -1.43. The molecule has 2 amide bonds. The Kier molecular flexibility index (Phi) is 9.47. The van der Waals surface area contributed by atoms with E-state index in [9.17, 15) is 14.4 Å². The molecule has 4 N–H and O–H groups in total. The third-order valence-electron chi connectivity index (χ3n) is 4.21. The monoisotopic (exact) mass is 569 g/mol. The Bertz CT molecular complexity index is 978. The molecule has 10 heteroatoms. The van der Waals surface area contributed by atoms with Crippen molar-refractivity contribution in [2.75, 3.05) is 7.11 Å². The number of carbonyl (C=O) groups excluding carboxylic acids is 3. The van der Waals surface area contributed by atoms with E-state index >= 15 is 0 Å². The Hall–Kier alpha value is -2.86. The maximum absolute atomic E-state index is 13.0. The number of alkyl carbamates (subject to hydrolysis) is 1. The van der Waals surface area contributed by atoms with Gasteiger partial charge in [0.15, 0.2) is 6.17 Å². The summed E-state index contributed by atoms with van der Waals surface area (Å²) in [6.07, 6.45) is -2.23. The first-order chi connectivity index (χ1) is 15.5. The van der Waals surface area contributed by atoms with E-state index in [-0.39, 0.29) is 6.61 Å². The van der Waals surface area contributed by atoms with Crippen molar-refractivity contribution in [1.29, 1.82) is 0 Å². The lowest BCUT2D eigenvalue weighted by Gasteiger charge is -2.24. The summed E-state index contributed by atoms with van der Waals surface area (Å²) in [4.78, 5) is 37.6. The minimum absolute atomic E-state index is 0.0134. The largest absolute Gasteiger partial charge is 0.496 e. The highest BCUT2D eigenvalue weighted by Crippen LogP contribution is 2.25. The summed E-state index contributed by atoms with van der Waals surface area (Å²) in [6, 6.07) is 12.9. The molecule has 178 valence electrons. The van der Waals surface area contributed by atoms with Gasteiger partial charge in [-0.05, 0) is 66.6 Å². The van der Waals surface area contributed by atoms with Crippen LogP contribution in [-0.2, 0) is 25.7 Å². The molecule has 0 saturated carbocycles. The van der Waals surface area contributed by atoms with E-state index in [1.807, 2.05) is 18.2 Å². The molecule has 1 unspecified atom stereocenters. The van der Waals surface area contributed by atoms with Crippen molar-refractivity contribution in [3.8, 4) is 5.75 Å². The van der Waals surface area contributed by atoms with Crippen molar-refractivity contribution >= 4 is 40.6 Å². The van der Waals surface area contributed by atoms with Crippen molar-refractivity contribution in [3.05, 3.63) is 63.2 Å². The van der Waals surface area contributed by atoms with Gasteiger partial charge in [-0.2, -0.15) is 0 Å². The molecule has 33 heavy (non-hydrogen) atoms. The standard InChI is InChI=1S/C23H28IN3O6/c1-23(2,3)33-22(30)26-18(15-10-11-17(31-4)16(24)12-15)20(28)27-19(25)21(29)32-13-14-8-6-5-7-9-14/h5-12,18-19H,13,25H2,1-4H3,(H,26,30)(H,27,28)/t18?,19-/m1/s1. The summed E-state index contributed by atoms with van der Waals surface area (Å²) in [6.45, 7) is 5.13. The van der Waals surface area contributed by atoms with Gasteiger partial charge in [0.25, 0.3) is 0 Å². The number of carbonyl (C=O) groups is 3. The fraction of sp³-hybridized carbons (Fsp3) is 0.348.